The van der Waals surface area contributed by atoms with Crippen molar-refractivity contribution < 1.29 is 32.9 Å². The van der Waals surface area contributed by atoms with Crippen LogP contribution in [0.5, 0.6) is 17.2 Å². The van der Waals surface area contributed by atoms with Gasteiger partial charge in [0, 0.05) is 32.0 Å². The minimum atomic E-state index is -4.66. The number of ether oxygens (including phenoxy) is 1. The molecule has 0 unspecified atom stereocenters. The highest BCUT2D eigenvalue weighted by Crippen LogP contribution is 2.51. The lowest BCUT2D eigenvalue weighted by Gasteiger charge is -2.32. The molecule has 3 rings (SSSR count). The SMILES string of the molecule is CC(C)(Sc1cc(C(C)(C)C)c(O)c(C(C)(C)C)c1)Sc1cc(C(C)(C)C)c(OC(=O)c2ccc(C(F)(F)F)cc2O)c(C(C)(C)C)c1. The van der Waals surface area contributed by atoms with Crippen molar-refractivity contribution in [2.75, 3.05) is 0 Å². The van der Waals surface area contributed by atoms with Gasteiger partial charge in [-0.25, -0.2) is 4.79 Å². The number of alkyl halides is 3. The second-order valence-corrected chi connectivity index (χ2v) is 20.6. The zero-order valence-electron chi connectivity index (χ0n) is 30.7. The molecule has 0 radical (unpaired) electrons. The minimum absolute atomic E-state index is 0.258. The van der Waals surface area contributed by atoms with Gasteiger partial charge in [0.25, 0.3) is 0 Å². The van der Waals surface area contributed by atoms with Crippen LogP contribution in [0.4, 0.5) is 13.2 Å². The smallest absolute Gasteiger partial charge is 0.416 e. The lowest BCUT2D eigenvalue weighted by molar-refractivity contribution is -0.137. The molecule has 0 aromatic heterocycles. The number of hydrogen-bond donors (Lipinski definition) is 2. The van der Waals surface area contributed by atoms with Gasteiger partial charge in [-0.2, -0.15) is 13.2 Å². The summed E-state index contributed by atoms with van der Waals surface area (Å²) in [5, 5.41) is 21.6. The first-order chi connectivity index (χ1) is 21.4. The zero-order chi connectivity index (χ0) is 37.0. The second-order valence-electron chi connectivity index (χ2n) is 16.9. The summed E-state index contributed by atoms with van der Waals surface area (Å²) in [5.41, 5.74) is 0.425. The number of rotatable bonds is 6. The first kappa shape index (κ1) is 39.7. The molecule has 0 spiro atoms. The van der Waals surface area contributed by atoms with Crippen LogP contribution in [0, 0.1) is 0 Å². The number of phenolic OH excluding ortho intramolecular Hbond substituents is 2. The van der Waals surface area contributed by atoms with Crippen LogP contribution in [0.2, 0.25) is 0 Å². The lowest BCUT2D eigenvalue weighted by atomic mass is 9.79. The maximum absolute atomic E-state index is 13.4. The number of phenols is 2. The third-order valence-electron chi connectivity index (χ3n) is 7.84. The van der Waals surface area contributed by atoms with Crippen LogP contribution >= 0.6 is 23.5 Å². The van der Waals surface area contributed by atoms with Gasteiger partial charge in [-0.15, -0.1) is 23.5 Å². The number of benzene rings is 3. The van der Waals surface area contributed by atoms with E-state index in [1.807, 2.05) is 53.7 Å². The summed E-state index contributed by atoms with van der Waals surface area (Å²) in [5.74, 6) is -1.07. The molecule has 9 heteroatoms. The average molecular weight is 705 g/mol. The van der Waals surface area contributed by atoms with Crippen molar-refractivity contribution in [2.45, 2.75) is 139 Å². The molecule has 0 bridgehead atoms. The number of carbonyl (C=O) groups is 1. The molecule has 0 fully saturated rings. The highest BCUT2D eigenvalue weighted by atomic mass is 32.2. The predicted molar refractivity (Wildman–Crippen MR) is 193 cm³/mol. The molecule has 3 aromatic rings. The first-order valence-corrected chi connectivity index (χ1v) is 17.6. The Kier molecular flexibility index (Phi) is 10.9. The van der Waals surface area contributed by atoms with E-state index in [0.29, 0.717) is 17.6 Å². The van der Waals surface area contributed by atoms with Crippen molar-refractivity contribution in [3.8, 4) is 17.2 Å². The molecular weight excluding hydrogens is 654 g/mol. The van der Waals surface area contributed by atoms with Gasteiger partial charge in [0.2, 0.25) is 0 Å². The maximum atomic E-state index is 13.4. The van der Waals surface area contributed by atoms with E-state index in [9.17, 15) is 28.2 Å². The highest BCUT2D eigenvalue weighted by Gasteiger charge is 2.35. The number of esters is 1. The number of thioether (sulfide) groups is 2. The third-order valence-corrected chi connectivity index (χ3v) is 10.3. The number of aromatic hydroxyl groups is 2. The van der Waals surface area contributed by atoms with Crippen LogP contribution in [0.25, 0.3) is 0 Å². The van der Waals surface area contributed by atoms with E-state index >= 15 is 0 Å². The van der Waals surface area contributed by atoms with Gasteiger partial charge in [-0.1, -0.05) is 83.1 Å². The number of hydrogen-bond acceptors (Lipinski definition) is 6. The Balaban J connectivity index is 2.11. The average Bonchev–Trinajstić information content (AvgIpc) is 2.86. The Bertz CT molecular complexity index is 1610. The first-order valence-electron chi connectivity index (χ1n) is 16.0. The van der Waals surface area contributed by atoms with Crippen LogP contribution in [0.15, 0.2) is 52.3 Å². The quantitative estimate of drug-likeness (QED) is 0.115. The molecule has 264 valence electrons. The van der Waals surface area contributed by atoms with Crippen molar-refractivity contribution in [3.05, 3.63) is 75.8 Å². The monoisotopic (exact) mass is 704 g/mol. The molecule has 48 heavy (non-hydrogen) atoms. The van der Waals surface area contributed by atoms with E-state index in [1.54, 1.807) is 23.5 Å². The van der Waals surface area contributed by atoms with Gasteiger partial charge < -0.3 is 14.9 Å². The van der Waals surface area contributed by atoms with Gasteiger partial charge >= 0.3 is 12.1 Å². The third kappa shape index (κ3) is 9.46. The van der Waals surface area contributed by atoms with E-state index in [1.165, 1.54) is 0 Å². The van der Waals surface area contributed by atoms with Crippen molar-refractivity contribution in [3.63, 3.8) is 0 Å². The van der Waals surface area contributed by atoms with Crippen molar-refractivity contribution in [1.82, 2.24) is 0 Å². The fourth-order valence-electron chi connectivity index (χ4n) is 5.31. The van der Waals surface area contributed by atoms with Crippen LogP contribution in [-0.4, -0.2) is 20.3 Å². The largest absolute Gasteiger partial charge is 0.507 e. The molecule has 0 aliphatic carbocycles. The van der Waals surface area contributed by atoms with Crippen molar-refractivity contribution in [2.24, 2.45) is 0 Å². The summed E-state index contributed by atoms with van der Waals surface area (Å²) < 4.78 is 45.2. The Morgan fingerprint density at radius 2 is 0.979 bits per heavy atom. The fraction of sp³-hybridized carbons (Fsp3) is 0.513. The summed E-state index contributed by atoms with van der Waals surface area (Å²) in [6.07, 6.45) is -4.66. The Labute approximate surface area is 293 Å². The van der Waals surface area contributed by atoms with Gasteiger partial charge in [-0.3, -0.25) is 0 Å². The normalized spacial score (nSPS) is 13.5. The maximum Gasteiger partial charge on any atom is 0.416 e. The standard InChI is InChI=1S/C39H51F3O4S2/c1-34(2,3)26-18-23(19-27(31(26)44)35(4,5)6)47-38(13,14)48-24-20-28(36(7,8)9)32(29(21-24)37(10,11)12)46-33(45)25-16-15-22(17-30(25)43)39(40,41)42/h15-21,43-44H,1-14H3. The molecular formula is C39H51F3O4S2. The molecule has 0 atom stereocenters. The molecule has 0 heterocycles. The molecule has 0 aliphatic rings. The molecule has 2 N–H and O–H groups in total. The molecule has 0 aliphatic heterocycles. The summed E-state index contributed by atoms with van der Waals surface area (Å²) in [4.78, 5) is 15.4. The van der Waals surface area contributed by atoms with Gasteiger partial charge in [0.15, 0.2) is 0 Å². The summed E-state index contributed by atoms with van der Waals surface area (Å²) in [6, 6.07) is 10.4. The van der Waals surface area contributed by atoms with E-state index < -0.39 is 34.3 Å². The van der Waals surface area contributed by atoms with Crippen LogP contribution < -0.4 is 4.74 Å². The van der Waals surface area contributed by atoms with Gasteiger partial charge in [0.05, 0.1) is 9.64 Å². The predicted octanol–water partition coefficient (Wildman–Crippen LogP) is 12.1. The summed E-state index contributed by atoms with van der Waals surface area (Å²) in [7, 11) is 0. The topological polar surface area (TPSA) is 66.8 Å². The molecule has 0 amide bonds. The highest BCUT2D eigenvalue weighted by molar-refractivity contribution is 8.18. The van der Waals surface area contributed by atoms with Crippen molar-refractivity contribution in [1.29, 1.82) is 0 Å². The van der Waals surface area contributed by atoms with Crippen LogP contribution in [-0.2, 0) is 27.8 Å². The summed E-state index contributed by atoms with van der Waals surface area (Å²) in [6.45, 7) is 28.9. The molecule has 0 saturated carbocycles. The fourth-order valence-corrected chi connectivity index (χ4v) is 7.90. The number of halogens is 3. The van der Waals surface area contributed by atoms with Gasteiger partial charge in [-0.05, 0) is 78.0 Å². The van der Waals surface area contributed by atoms with Crippen LogP contribution in [0.3, 0.4) is 0 Å². The minimum Gasteiger partial charge on any atom is -0.507 e. The molecule has 3 aromatic carbocycles. The molecule has 4 nitrogen and oxygen atoms in total. The lowest BCUT2D eigenvalue weighted by Crippen LogP contribution is -2.22. The van der Waals surface area contributed by atoms with E-state index in [-0.39, 0.29) is 20.5 Å². The van der Waals surface area contributed by atoms with Crippen LogP contribution in [0.1, 0.15) is 135 Å². The Morgan fingerprint density at radius 1 is 0.604 bits per heavy atom. The Morgan fingerprint density at radius 3 is 1.31 bits per heavy atom. The summed E-state index contributed by atoms with van der Waals surface area (Å²) >= 11 is 3.39. The van der Waals surface area contributed by atoms with E-state index in [2.05, 4.69) is 67.5 Å². The number of carbonyl (C=O) groups excluding carboxylic acids is 1. The Hall–Kier alpha value is -2.78. The van der Waals surface area contributed by atoms with E-state index in [0.717, 1.165) is 44.2 Å². The molecule has 0 saturated heterocycles. The second kappa shape index (κ2) is 13.2. The van der Waals surface area contributed by atoms with Gasteiger partial charge in [0.1, 0.15) is 22.8 Å². The van der Waals surface area contributed by atoms with E-state index in [4.69, 9.17) is 4.74 Å². The zero-order valence-corrected chi connectivity index (χ0v) is 32.3. The van der Waals surface area contributed by atoms with Crippen molar-refractivity contribution >= 4 is 29.5 Å².